The Hall–Kier alpha value is -0.840. The van der Waals surface area contributed by atoms with Gasteiger partial charge in [0.05, 0.1) is 12.1 Å². The molecule has 0 saturated carbocycles. The summed E-state index contributed by atoms with van der Waals surface area (Å²) in [6.45, 7) is 5.07. The fourth-order valence-electron chi connectivity index (χ4n) is 2.48. The maximum absolute atomic E-state index is 10.4. The summed E-state index contributed by atoms with van der Waals surface area (Å²) in [6, 6.07) is 3.93. The van der Waals surface area contributed by atoms with Crippen LogP contribution < -0.4 is 5.32 Å². The van der Waals surface area contributed by atoms with Gasteiger partial charge >= 0.3 is 0 Å². The molecule has 17 heavy (non-hydrogen) atoms. The van der Waals surface area contributed by atoms with E-state index in [1.165, 1.54) is 0 Å². The van der Waals surface area contributed by atoms with Gasteiger partial charge in [-0.25, -0.2) is 0 Å². The third-order valence-corrected chi connectivity index (χ3v) is 3.30. The minimum absolute atomic E-state index is 0.589. The Kier molecular flexibility index (Phi) is 3.86. The topological polar surface area (TPSA) is 48.6 Å². The minimum atomic E-state index is -0.589. The molecule has 4 heteroatoms. The number of likely N-dealkylation sites (N-methyl/N-ethyl adjacent to an activating group) is 1. The number of hydrogen-bond acceptors (Lipinski definition) is 4. The van der Waals surface area contributed by atoms with E-state index in [-0.39, 0.29) is 0 Å². The summed E-state index contributed by atoms with van der Waals surface area (Å²) in [6.07, 6.45) is 1.94. The molecule has 2 heterocycles. The number of piperidine rings is 1. The molecule has 0 radical (unpaired) electrons. The molecule has 96 valence electrons. The van der Waals surface area contributed by atoms with E-state index >= 15 is 0 Å². The first-order chi connectivity index (χ1) is 8.07. The summed E-state index contributed by atoms with van der Waals surface area (Å²) in [5, 5.41) is 13.7. The monoisotopic (exact) mass is 238 g/mol. The second kappa shape index (κ2) is 5.21. The lowest BCUT2D eigenvalue weighted by atomic mass is 9.93. The number of rotatable bonds is 4. The van der Waals surface area contributed by atoms with Crippen molar-refractivity contribution in [1.29, 1.82) is 0 Å². The molecule has 1 aromatic rings. The molecule has 1 aliphatic heterocycles. The summed E-state index contributed by atoms with van der Waals surface area (Å²) < 4.78 is 5.47. The van der Waals surface area contributed by atoms with Crippen LogP contribution in [-0.4, -0.2) is 42.3 Å². The fourth-order valence-corrected chi connectivity index (χ4v) is 2.48. The third-order valence-electron chi connectivity index (χ3n) is 3.30. The van der Waals surface area contributed by atoms with E-state index in [2.05, 4.69) is 17.3 Å². The van der Waals surface area contributed by atoms with Gasteiger partial charge in [-0.05, 0) is 45.5 Å². The van der Waals surface area contributed by atoms with Crippen molar-refractivity contribution in [2.75, 3.05) is 26.7 Å². The minimum Gasteiger partial charge on any atom is -0.465 e. The maximum Gasteiger partial charge on any atom is 0.117 e. The number of furan rings is 1. The molecule has 0 spiro atoms. The van der Waals surface area contributed by atoms with Crippen molar-refractivity contribution in [3.8, 4) is 0 Å². The largest absolute Gasteiger partial charge is 0.465 e. The van der Waals surface area contributed by atoms with Crippen molar-refractivity contribution in [1.82, 2.24) is 10.2 Å². The van der Waals surface area contributed by atoms with E-state index in [0.717, 1.165) is 37.5 Å². The molecule has 0 amide bonds. The number of nitrogens with zero attached hydrogens (tertiary/aromatic N) is 1. The Morgan fingerprint density at radius 1 is 1.53 bits per heavy atom. The highest BCUT2D eigenvalue weighted by Gasteiger charge is 2.31. The Bertz CT molecular complexity index is 364. The Balaban J connectivity index is 1.77. The van der Waals surface area contributed by atoms with E-state index in [4.69, 9.17) is 4.42 Å². The number of likely N-dealkylation sites (tertiary alicyclic amines) is 1. The molecule has 1 atom stereocenters. The van der Waals surface area contributed by atoms with Crippen LogP contribution in [0.3, 0.4) is 0 Å². The smallest absolute Gasteiger partial charge is 0.117 e. The van der Waals surface area contributed by atoms with E-state index in [0.29, 0.717) is 13.1 Å². The summed E-state index contributed by atoms with van der Waals surface area (Å²) in [7, 11) is 2.06. The van der Waals surface area contributed by atoms with Crippen LogP contribution in [0, 0.1) is 6.92 Å². The van der Waals surface area contributed by atoms with Gasteiger partial charge in [-0.15, -0.1) is 0 Å². The normalized spacial score (nSPS) is 26.3. The number of β-amino-alcohol motifs (C(OH)–C–C–N with tert-alkyl or cyclic N) is 1. The van der Waals surface area contributed by atoms with Crippen molar-refractivity contribution in [2.45, 2.75) is 31.9 Å². The predicted molar refractivity (Wildman–Crippen MR) is 66.8 cm³/mol. The van der Waals surface area contributed by atoms with E-state index < -0.39 is 5.60 Å². The number of aryl methyl sites for hydroxylation is 1. The van der Waals surface area contributed by atoms with Gasteiger partial charge in [0.2, 0.25) is 0 Å². The van der Waals surface area contributed by atoms with Crippen LogP contribution in [0.25, 0.3) is 0 Å². The van der Waals surface area contributed by atoms with Crippen LogP contribution >= 0.6 is 0 Å². The first-order valence-electron chi connectivity index (χ1n) is 6.24. The van der Waals surface area contributed by atoms with Gasteiger partial charge in [-0.2, -0.15) is 0 Å². The summed E-state index contributed by atoms with van der Waals surface area (Å²) in [5.74, 6) is 1.85. The van der Waals surface area contributed by atoms with Gasteiger partial charge in [0, 0.05) is 13.1 Å². The van der Waals surface area contributed by atoms with E-state index in [1.807, 2.05) is 19.1 Å². The van der Waals surface area contributed by atoms with E-state index in [1.54, 1.807) is 0 Å². The summed E-state index contributed by atoms with van der Waals surface area (Å²) in [4.78, 5) is 2.18. The van der Waals surface area contributed by atoms with Gasteiger partial charge in [-0.1, -0.05) is 0 Å². The van der Waals surface area contributed by atoms with Gasteiger partial charge in [-0.3, -0.25) is 0 Å². The Morgan fingerprint density at radius 2 is 2.35 bits per heavy atom. The van der Waals surface area contributed by atoms with Crippen molar-refractivity contribution in [3.63, 3.8) is 0 Å². The van der Waals surface area contributed by atoms with Crippen molar-refractivity contribution >= 4 is 0 Å². The zero-order valence-electron chi connectivity index (χ0n) is 10.7. The molecule has 1 fully saturated rings. The average Bonchev–Trinajstić information content (AvgIpc) is 2.63. The van der Waals surface area contributed by atoms with Gasteiger partial charge in [0.1, 0.15) is 11.5 Å². The number of nitrogens with one attached hydrogen (secondary N) is 1. The SMILES string of the molecule is Cc1ccc(CNCC2(O)CCCN(C)C2)o1. The molecule has 1 unspecified atom stereocenters. The zero-order chi connectivity index (χ0) is 12.3. The number of hydrogen-bond donors (Lipinski definition) is 2. The maximum atomic E-state index is 10.4. The predicted octanol–water partition coefficient (Wildman–Crippen LogP) is 1.13. The Morgan fingerprint density at radius 3 is 3.00 bits per heavy atom. The average molecular weight is 238 g/mol. The van der Waals surface area contributed by atoms with Gasteiger partial charge in [0.15, 0.2) is 0 Å². The lowest BCUT2D eigenvalue weighted by Crippen LogP contribution is -2.52. The fraction of sp³-hybridized carbons (Fsp3) is 0.692. The highest BCUT2D eigenvalue weighted by atomic mass is 16.3. The van der Waals surface area contributed by atoms with Gasteiger partial charge < -0.3 is 19.7 Å². The molecule has 1 saturated heterocycles. The molecule has 1 aliphatic rings. The highest BCUT2D eigenvalue weighted by Crippen LogP contribution is 2.19. The van der Waals surface area contributed by atoms with Gasteiger partial charge in [0.25, 0.3) is 0 Å². The van der Waals surface area contributed by atoms with Crippen LogP contribution in [0.5, 0.6) is 0 Å². The standard InChI is InChI=1S/C13H22N2O2/c1-11-4-5-12(17-11)8-14-9-13(16)6-3-7-15(2)10-13/h4-5,14,16H,3,6-10H2,1-2H3. The molecular weight excluding hydrogens is 216 g/mol. The molecule has 1 aromatic heterocycles. The highest BCUT2D eigenvalue weighted by molar-refractivity contribution is 5.05. The van der Waals surface area contributed by atoms with Crippen LogP contribution in [0.1, 0.15) is 24.4 Å². The quantitative estimate of drug-likeness (QED) is 0.825. The lowest BCUT2D eigenvalue weighted by molar-refractivity contribution is -0.0220. The molecule has 0 bridgehead atoms. The third kappa shape index (κ3) is 3.56. The van der Waals surface area contributed by atoms with Crippen molar-refractivity contribution < 1.29 is 9.52 Å². The first kappa shape index (κ1) is 12.6. The summed E-state index contributed by atoms with van der Waals surface area (Å²) >= 11 is 0. The molecule has 4 nitrogen and oxygen atoms in total. The lowest BCUT2D eigenvalue weighted by Gasteiger charge is -2.37. The van der Waals surface area contributed by atoms with Crippen LogP contribution in [0.2, 0.25) is 0 Å². The number of aliphatic hydroxyl groups is 1. The van der Waals surface area contributed by atoms with Crippen LogP contribution in [0.15, 0.2) is 16.5 Å². The second-order valence-electron chi connectivity index (χ2n) is 5.18. The van der Waals surface area contributed by atoms with Crippen LogP contribution in [0.4, 0.5) is 0 Å². The molecule has 0 aliphatic carbocycles. The second-order valence-corrected chi connectivity index (χ2v) is 5.18. The summed E-state index contributed by atoms with van der Waals surface area (Å²) in [5.41, 5.74) is -0.589. The molecule has 2 rings (SSSR count). The first-order valence-corrected chi connectivity index (χ1v) is 6.24. The van der Waals surface area contributed by atoms with Crippen molar-refractivity contribution in [3.05, 3.63) is 23.7 Å². The molecule has 0 aromatic carbocycles. The molecular formula is C13H22N2O2. The Labute approximate surface area is 103 Å². The van der Waals surface area contributed by atoms with Crippen LogP contribution in [-0.2, 0) is 6.54 Å². The van der Waals surface area contributed by atoms with E-state index in [9.17, 15) is 5.11 Å². The van der Waals surface area contributed by atoms with Crippen molar-refractivity contribution in [2.24, 2.45) is 0 Å². The zero-order valence-corrected chi connectivity index (χ0v) is 10.7. The molecule has 2 N–H and O–H groups in total.